The number of benzene rings is 2. The summed E-state index contributed by atoms with van der Waals surface area (Å²) in [7, 11) is 1.75. The van der Waals surface area contributed by atoms with Gasteiger partial charge in [0.05, 0.1) is 6.07 Å². The van der Waals surface area contributed by atoms with Crippen molar-refractivity contribution >= 4 is 10.8 Å². The molecule has 0 spiro atoms. The molecule has 4 rings (SSSR count). The summed E-state index contributed by atoms with van der Waals surface area (Å²) in [5.74, 6) is 0.876. The van der Waals surface area contributed by atoms with Gasteiger partial charge in [-0.3, -0.25) is 4.79 Å². The smallest absolute Gasteiger partial charge is 0.250 e. The lowest BCUT2D eigenvalue weighted by atomic mass is 9.98. The zero-order valence-electron chi connectivity index (χ0n) is 17.7. The van der Waals surface area contributed by atoms with Crippen LogP contribution in [0.1, 0.15) is 12.8 Å². The Hall–Kier alpha value is -3.14. The highest BCUT2D eigenvalue weighted by Gasteiger charge is 2.20. The van der Waals surface area contributed by atoms with Crippen LogP contribution in [0.4, 0.5) is 0 Å². The molecular formula is C25H27N3O3. The monoisotopic (exact) mass is 417 g/mol. The van der Waals surface area contributed by atoms with Gasteiger partial charge in [0.15, 0.2) is 0 Å². The summed E-state index contributed by atoms with van der Waals surface area (Å²) in [5.41, 5.74) is 2.01. The van der Waals surface area contributed by atoms with Gasteiger partial charge in [-0.05, 0) is 72.1 Å². The minimum Gasteiger partial charge on any atom is -0.491 e. The summed E-state index contributed by atoms with van der Waals surface area (Å²) >= 11 is 0. The van der Waals surface area contributed by atoms with E-state index in [1.165, 1.54) is 0 Å². The first-order chi connectivity index (χ1) is 15.0. The molecule has 0 aliphatic carbocycles. The molecule has 0 amide bonds. The fourth-order valence-corrected chi connectivity index (χ4v) is 4.05. The lowest BCUT2D eigenvalue weighted by molar-refractivity contribution is 0.0583. The minimum absolute atomic E-state index is 0.0276. The zero-order chi connectivity index (χ0) is 21.8. The molecule has 1 fully saturated rings. The van der Waals surface area contributed by atoms with Gasteiger partial charge >= 0.3 is 0 Å². The average molecular weight is 418 g/mol. The Morgan fingerprint density at radius 3 is 2.55 bits per heavy atom. The van der Waals surface area contributed by atoms with Crippen LogP contribution in [0.3, 0.4) is 0 Å². The largest absolute Gasteiger partial charge is 0.491 e. The molecular weight excluding hydrogens is 390 g/mol. The number of nitrogens with zero attached hydrogens (tertiary/aromatic N) is 3. The molecule has 1 unspecified atom stereocenters. The Morgan fingerprint density at radius 2 is 1.81 bits per heavy atom. The zero-order valence-corrected chi connectivity index (χ0v) is 17.7. The van der Waals surface area contributed by atoms with Crippen LogP contribution >= 0.6 is 0 Å². The van der Waals surface area contributed by atoms with Gasteiger partial charge in [0.25, 0.3) is 0 Å². The van der Waals surface area contributed by atoms with E-state index in [0.29, 0.717) is 6.54 Å². The van der Waals surface area contributed by atoms with Crippen molar-refractivity contribution in [3.63, 3.8) is 0 Å². The Bertz CT molecular complexity index is 1160. The molecule has 1 aliphatic rings. The number of aliphatic hydroxyl groups excluding tert-OH is 1. The molecule has 31 heavy (non-hydrogen) atoms. The van der Waals surface area contributed by atoms with Crippen LogP contribution in [-0.4, -0.2) is 46.9 Å². The number of fused-ring (bicyclic) bond motifs is 1. The van der Waals surface area contributed by atoms with Crippen LogP contribution < -0.4 is 10.3 Å². The number of pyridine rings is 1. The first kappa shape index (κ1) is 21.1. The maximum atomic E-state index is 11.6. The third-order valence-corrected chi connectivity index (χ3v) is 5.91. The molecule has 6 nitrogen and oxygen atoms in total. The van der Waals surface area contributed by atoms with E-state index in [-0.39, 0.29) is 18.1 Å². The van der Waals surface area contributed by atoms with Crippen molar-refractivity contribution in [2.75, 3.05) is 26.2 Å². The van der Waals surface area contributed by atoms with Crippen molar-refractivity contribution in [2.45, 2.75) is 18.9 Å². The highest BCUT2D eigenvalue weighted by atomic mass is 16.5. The molecule has 2 aromatic carbocycles. The molecule has 0 saturated carbocycles. The molecule has 3 aromatic rings. The number of nitriles is 1. The summed E-state index contributed by atoms with van der Waals surface area (Å²) in [5, 5.41) is 21.5. The van der Waals surface area contributed by atoms with E-state index in [1.807, 2.05) is 42.6 Å². The number of likely N-dealkylation sites (tertiary alicyclic amines) is 1. The van der Waals surface area contributed by atoms with Gasteiger partial charge in [-0.15, -0.1) is 0 Å². The first-order valence-corrected chi connectivity index (χ1v) is 10.7. The Kier molecular flexibility index (Phi) is 6.36. The van der Waals surface area contributed by atoms with E-state index < -0.39 is 6.10 Å². The Labute approximate surface area is 181 Å². The SMILES string of the molecule is Cn1cc(-c2ccc3cc(OCC(O)CN4CCC(C#N)CC4)ccc3c2)ccc1=O. The molecule has 0 bridgehead atoms. The fraction of sp³-hybridized carbons (Fsp3) is 0.360. The number of aromatic nitrogens is 1. The summed E-state index contributed by atoms with van der Waals surface area (Å²) in [6.07, 6.45) is 3.01. The number of hydrogen-bond acceptors (Lipinski definition) is 5. The molecule has 2 heterocycles. The molecule has 1 aliphatic heterocycles. The van der Waals surface area contributed by atoms with Crippen LogP contribution in [0.2, 0.25) is 0 Å². The number of β-amino-alcohol motifs (C(OH)–C–C–N with tert-alkyl or cyclic N) is 1. The third kappa shape index (κ3) is 5.13. The highest BCUT2D eigenvalue weighted by Crippen LogP contribution is 2.27. The maximum Gasteiger partial charge on any atom is 0.250 e. The van der Waals surface area contributed by atoms with E-state index in [0.717, 1.165) is 53.6 Å². The number of ether oxygens (including phenoxy) is 1. The van der Waals surface area contributed by atoms with Gasteiger partial charge < -0.3 is 19.3 Å². The molecule has 1 N–H and O–H groups in total. The van der Waals surface area contributed by atoms with Crippen molar-refractivity contribution in [1.29, 1.82) is 5.26 Å². The van der Waals surface area contributed by atoms with Crippen molar-refractivity contribution in [3.05, 3.63) is 65.1 Å². The number of rotatable bonds is 6. The van der Waals surface area contributed by atoms with Crippen molar-refractivity contribution in [3.8, 4) is 22.9 Å². The number of hydrogen-bond donors (Lipinski definition) is 1. The van der Waals surface area contributed by atoms with Crippen LogP contribution in [0.25, 0.3) is 21.9 Å². The lowest BCUT2D eigenvalue weighted by Crippen LogP contribution is -2.40. The molecule has 0 radical (unpaired) electrons. The van der Waals surface area contributed by atoms with Crippen LogP contribution in [-0.2, 0) is 7.05 Å². The highest BCUT2D eigenvalue weighted by molar-refractivity contribution is 5.88. The number of aryl methyl sites for hydroxylation is 1. The minimum atomic E-state index is -0.568. The summed E-state index contributed by atoms with van der Waals surface area (Å²) < 4.78 is 7.41. The second kappa shape index (κ2) is 9.34. The first-order valence-electron chi connectivity index (χ1n) is 10.7. The topological polar surface area (TPSA) is 78.5 Å². The van der Waals surface area contributed by atoms with E-state index >= 15 is 0 Å². The average Bonchev–Trinajstić information content (AvgIpc) is 2.79. The standard InChI is InChI=1S/C25H27N3O3/c1-27-15-22(5-7-25(27)30)20-2-3-21-13-24(6-4-19(21)12-20)31-17-23(29)16-28-10-8-18(14-26)9-11-28/h2-7,12-13,15,18,23,29H,8-11,16-17H2,1H3. The molecule has 160 valence electrons. The predicted octanol–water partition coefficient (Wildman–Crippen LogP) is 3.18. The Balaban J connectivity index is 1.37. The van der Waals surface area contributed by atoms with Gasteiger partial charge in [0.1, 0.15) is 18.5 Å². The molecule has 1 atom stereocenters. The molecule has 6 heteroatoms. The van der Waals surface area contributed by atoms with Gasteiger partial charge in [0.2, 0.25) is 5.56 Å². The predicted molar refractivity (Wildman–Crippen MR) is 121 cm³/mol. The summed E-state index contributed by atoms with van der Waals surface area (Å²) in [6, 6.07) is 17.8. The van der Waals surface area contributed by atoms with Crippen LogP contribution in [0, 0.1) is 17.2 Å². The van der Waals surface area contributed by atoms with E-state index in [2.05, 4.69) is 17.0 Å². The normalized spacial score (nSPS) is 16.2. The van der Waals surface area contributed by atoms with Crippen molar-refractivity contribution < 1.29 is 9.84 Å². The van der Waals surface area contributed by atoms with Crippen LogP contribution in [0.5, 0.6) is 5.75 Å². The van der Waals surface area contributed by atoms with E-state index in [9.17, 15) is 9.90 Å². The summed E-state index contributed by atoms with van der Waals surface area (Å²) in [6.45, 7) is 2.50. The maximum absolute atomic E-state index is 11.6. The molecule has 1 aromatic heterocycles. The van der Waals surface area contributed by atoms with Crippen molar-refractivity contribution in [1.82, 2.24) is 9.47 Å². The van der Waals surface area contributed by atoms with Gasteiger partial charge in [-0.1, -0.05) is 18.2 Å². The summed E-state index contributed by atoms with van der Waals surface area (Å²) in [4.78, 5) is 13.8. The van der Waals surface area contributed by atoms with Gasteiger partial charge in [0, 0.05) is 31.8 Å². The quantitative estimate of drug-likeness (QED) is 0.666. The molecule has 1 saturated heterocycles. The second-order valence-electron chi connectivity index (χ2n) is 8.26. The third-order valence-electron chi connectivity index (χ3n) is 5.91. The van der Waals surface area contributed by atoms with Crippen molar-refractivity contribution in [2.24, 2.45) is 13.0 Å². The van der Waals surface area contributed by atoms with Gasteiger partial charge in [-0.25, -0.2) is 0 Å². The lowest BCUT2D eigenvalue weighted by Gasteiger charge is -2.30. The number of aliphatic hydroxyl groups is 1. The second-order valence-corrected chi connectivity index (χ2v) is 8.26. The van der Waals surface area contributed by atoms with E-state index in [4.69, 9.17) is 10.00 Å². The van der Waals surface area contributed by atoms with Gasteiger partial charge in [-0.2, -0.15) is 5.26 Å². The Morgan fingerprint density at radius 1 is 1.10 bits per heavy atom. The van der Waals surface area contributed by atoms with E-state index in [1.54, 1.807) is 17.7 Å². The number of piperidine rings is 1. The fourth-order valence-electron chi connectivity index (χ4n) is 4.05. The van der Waals surface area contributed by atoms with Crippen LogP contribution in [0.15, 0.2) is 59.5 Å².